The van der Waals surface area contributed by atoms with E-state index in [4.69, 9.17) is 0 Å². The van der Waals surface area contributed by atoms with Gasteiger partial charge in [0.15, 0.2) is 0 Å². The summed E-state index contributed by atoms with van der Waals surface area (Å²) < 4.78 is 11.2. The SMILES string of the molecule is CC1CCC(NCC(C)S(C)=O)CC1C. The Labute approximate surface area is 96.7 Å². The van der Waals surface area contributed by atoms with Gasteiger partial charge in [-0.2, -0.15) is 0 Å². The second kappa shape index (κ2) is 6.00. The zero-order valence-corrected chi connectivity index (χ0v) is 11.3. The van der Waals surface area contributed by atoms with Crippen LogP contribution in [-0.4, -0.2) is 28.3 Å². The Morgan fingerprint density at radius 2 is 2.00 bits per heavy atom. The van der Waals surface area contributed by atoms with Crippen LogP contribution in [0.5, 0.6) is 0 Å². The van der Waals surface area contributed by atoms with Crippen LogP contribution in [0, 0.1) is 11.8 Å². The Hall–Kier alpha value is 0.110. The molecule has 0 heterocycles. The van der Waals surface area contributed by atoms with E-state index in [-0.39, 0.29) is 5.25 Å². The van der Waals surface area contributed by atoms with Crippen LogP contribution in [0.2, 0.25) is 0 Å². The van der Waals surface area contributed by atoms with Crippen molar-refractivity contribution in [2.45, 2.75) is 51.3 Å². The van der Waals surface area contributed by atoms with E-state index in [9.17, 15) is 4.21 Å². The maximum atomic E-state index is 11.2. The van der Waals surface area contributed by atoms with Gasteiger partial charge in [0.25, 0.3) is 0 Å². The average molecular weight is 231 g/mol. The molecule has 0 spiro atoms. The van der Waals surface area contributed by atoms with E-state index in [1.54, 1.807) is 6.26 Å². The highest BCUT2D eigenvalue weighted by Crippen LogP contribution is 2.29. The lowest BCUT2D eigenvalue weighted by atomic mass is 9.79. The highest BCUT2D eigenvalue weighted by atomic mass is 32.2. The van der Waals surface area contributed by atoms with Crippen molar-refractivity contribution in [2.24, 2.45) is 11.8 Å². The van der Waals surface area contributed by atoms with Gasteiger partial charge >= 0.3 is 0 Å². The molecule has 0 aliphatic heterocycles. The molecule has 5 atom stereocenters. The summed E-state index contributed by atoms with van der Waals surface area (Å²) in [6.45, 7) is 7.65. The molecule has 0 aromatic carbocycles. The van der Waals surface area contributed by atoms with Gasteiger partial charge in [-0.3, -0.25) is 4.21 Å². The molecule has 1 fully saturated rings. The minimum absolute atomic E-state index is 0.277. The van der Waals surface area contributed by atoms with Crippen LogP contribution in [0.4, 0.5) is 0 Å². The fourth-order valence-corrected chi connectivity index (χ4v) is 2.51. The van der Waals surface area contributed by atoms with Crippen LogP contribution < -0.4 is 5.32 Å². The first-order valence-corrected chi connectivity index (χ1v) is 7.68. The van der Waals surface area contributed by atoms with Gasteiger partial charge in [0.2, 0.25) is 0 Å². The van der Waals surface area contributed by atoms with E-state index in [1.807, 2.05) is 0 Å². The molecule has 0 aromatic rings. The van der Waals surface area contributed by atoms with Crippen LogP contribution in [0.15, 0.2) is 0 Å². The molecule has 0 amide bonds. The lowest BCUT2D eigenvalue weighted by Gasteiger charge is -2.33. The Bertz CT molecular complexity index is 220. The van der Waals surface area contributed by atoms with Crippen molar-refractivity contribution in [1.29, 1.82) is 0 Å². The predicted molar refractivity (Wildman–Crippen MR) is 67.5 cm³/mol. The maximum Gasteiger partial charge on any atom is 0.0441 e. The lowest BCUT2D eigenvalue weighted by molar-refractivity contribution is 0.227. The number of rotatable bonds is 4. The summed E-state index contributed by atoms with van der Waals surface area (Å²) in [5, 5.41) is 3.84. The van der Waals surface area contributed by atoms with E-state index in [0.29, 0.717) is 6.04 Å². The third-order valence-electron chi connectivity index (χ3n) is 3.86. The lowest BCUT2D eigenvalue weighted by Crippen LogP contribution is -2.40. The van der Waals surface area contributed by atoms with Gasteiger partial charge in [0.1, 0.15) is 0 Å². The zero-order valence-electron chi connectivity index (χ0n) is 10.5. The molecule has 0 bridgehead atoms. The molecule has 0 aromatic heterocycles. The fourth-order valence-electron chi connectivity index (χ4n) is 2.18. The first-order chi connectivity index (χ1) is 7.00. The highest BCUT2D eigenvalue weighted by Gasteiger charge is 2.24. The standard InChI is InChI=1S/C12H25NOS/c1-9-5-6-12(7-10(9)2)13-8-11(3)15(4)14/h9-13H,5-8H2,1-4H3. The topological polar surface area (TPSA) is 29.1 Å². The first-order valence-electron chi connectivity index (χ1n) is 6.06. The smallest absolute Gasteiger partial charge is 0.0441 e. The van der Waals surface area contributed by atoms with Crippen molar-refractivity contribution in [1.82, 2.24) is 5.32 Å². The van der Waals surface area contributed by atoms with Crippen molar-refractivity contribution in [3.8, 4) is 0 Å². The summed E-state index contributed by atoms with van der Waals surface area (Å²) in [4.78, 5) is 0. The van der Waals surface area contributed by atoms with E-state index in [1.165, 1.54) is 19.3 Å². The van der Waals surface area contributed by atoms with Crippen LogP contribution >= 0.6 is 0 Å². The minimum atomic E-state index is -0.693. The van der Waals surface area contributed by atoms with Gasteiger partial charge in [-0.05, 0) is 38.0 Å². The second-order valence-corrected chi connectivity index (χ2v) is 6.98. The fraction of sp³-hybridized carbons (Fsp3) is 1.00. The van der Waals surface area contributed by atoms with Gasteiger partial charge in [-0.1, -0.05) is 13.8 Å². The summed E-state index contributed by atoms with van der Waals surface area (Å²) in [6, 6.07) is 0.655. The van der Waals surface area contributed by atoms with Crippen molar-refractivity contribution >= 4 is 10.8 Å². The molecule has 2 nitrogen and oxygen atoms in total. The average Bonchev–Trinajstić information content (AvgIpc) is 2.19. The van der Waals surface area contributed by atoms with Gasteiger partial charge in [-0.25, -0.2) is 0 Å². The molecule has 90 valence electrons. The van der Waals surface area contributed by atoms with Crippen LogP contribution in [0.3, 0.4) is 0 Å². The van der Waals surface area contributed by atoms with E-state index in [0.717, 1.165) is 18.4 Å². The van der Waals surface area contributed by atoms with E-state index in [2.05, 4.69) is 26.1 Å². The summed E-state index contributed by atoms with van der Waals surface area (Å²) in [7, 11) is -0.693. The predicted octanol–water partition coefficient (Wildman–Crippen LogP) is 2.17. The molecule has 3 heteroatoms. The summed E-state index contributed by atoms with van der Waals surface area (Å²) >= 11 is 0. The maximum absolute atomic E-state index is 11.2. The van der Waals surface area contributed by atoms with Gasteiger partial charge in [0.05, 0.1) is 0 Å². The molecular weight excluding hydrogens is 206 g/mol. The molecule has 1 N–H and O–H groups in total. The van der Waals surface area contributed by atoms with Crippen molar-refractivity contribution in [3.63, 3.8) is 0 Å². The van der Waals surface area contributed by atoms with Gasteiger partial charge in [0, 0.05) is 34.9 Å². The molecule has 0 radical (unpaired) electrons. The quantitative estimate of drug-likeness (QED) is 0.803. The second-order valence-electron chi connectivity index (χ2n) is 5.18. The Morgan fingerprint density at radius 1 is 1.33 bits per heavy atom. The van der Waals surface area contributed by atoms with Crippen LogP contribution in [0.1, 0.15) is 40.0 Å². The van der Waals surface area contributed by atoms with E-state index >= 15 is 0 Å². The molecule has 1 aliphatic carbocycles. The molecule has 1 rings (SSSR count). The largest absolute Gasteiger partial charge is 0.313 e. The van der Waals surface area contributed by atoms with E-state index < -0.39 is 10.8 Å². The Kier molecular flexibility index (Phi) is 5.27. The van der Waals surface area contributed by atoms with Crippen molar-refractivity contribution in [3.05, 3.63) is 0 Å². The summed E-state index contributed by atoms with van der Waals surface area (Å²) in [5.41, 5.74) is 0. The van der Waals surface area contributed by atoms with Crippen LogP contribution in [-0.2, 0) is 10.8 Å². The Morgan fingerprint density at radius 3 is 2.53 bits per heavy atom. The number of nitrogens with one attached hydrogen (secondary N) is 1. The molecule has 1 saturated carbocycles. The summed E-state index contributed by atoms with van der Waals surface area (Å²) in [6.07, 6.45) is 5.69. The summed E-state index contributed by atoms with van der Waals surface area (Å²) in [5.74, 6) is 1.71. The third-order valence-corrected chi connectivity index (χ3v) is 5.16. The molecule has 1 aliphatic rings. The monoisotopic (exact) mass is 231 g/mol. The Balaban J connectivity index is 2.25. The molecule has 15 heavy (non-hydrogen) atoms. The minimum Gasteiger partial charge on any atom is -0.313 e. The van der Waals surface area contributed by atoms with Crippen LogP contribution in [0.25, 0.3) is 0 Å². The van der Waals surface area contributed by atoms with Crippen molar-refractivity contribution in [2.75, 3.05) is 12.8 Å². The van der Waals surface area contributed by atoms with Gasteiger partial charge in [-0.15, -0.1) is 0 Å². The van der Waals surface area contributed by atoms with Crippen molar-refractivity contribution < 1.29 is 4.21 Å². The third kappa shape index (κ3) is 4.23. The van der Waals surface area contributed by atoms with Gasteiger partial charge < -0.3 is 5.32 Å². The normalized spacial score (nSPS) is 36.1. The number of hydrogen-bond acceptors (Lipinski definition) is 2. The molecule has 0 saturated heterocycles. The molecular formula is C12H25NOS. The number of hydrogen-bond donors (Lipinski definition) is 1. The zero-order chi connectivity index (χ0) is 11.4. The first kappa shape index (κ1) is 13.2. The molecule has 5 unspecified atom stereocenters. The highest BCUT2D eigenvalue weighted by molar-refractivity contribution is 7.84.